The predicted molar refractivity (Wildman–Crippen MR) is 60.5 cm³/mol. The first-order valence-corrected chi connectivity index (χ1v) is 6.66. The minimum atomic E-state index is -3.35. The van der Waals surface area contributed by atoms with Crippen molar-refractivity contribution in [2.24, 2.45) is 0 Å². The lowest BCUT2D eigenvalue weighted by Crippen LogP contribution is -2.33. The molecule has 0 saturated carbocycles. The maximum absolute atomic E-state index is 12.2. The van der Waals surface area contributed by atoms with Crippen LogP contribution in [-0.2, 0) is 10.0 Å². The topological polar surface area (TPSA) is 62.3 Å². The molecule has 0 amide bonds. The van der Waals surface area contributed by atoms with Crippen molar-refractivity contribution < 1.29 is 8.42 Å². The van der Waals surface area contributed by atoms with E-state index in [9.17, 15) is 8.42 Å². The fraction of sp³-hybridized carbons (Fsp3) is 0.500. The van der Waals surface area contributed by atoms with Crippen LogP contribution < -0.4 is 5.32 Å². The second kappa shape index (κ2) is 4.48. The van der Waals surface area contributed by atoms with Crippen molar-refractivity contribution in [3.05, 3.63) is 24.5 Å². The molecular weight excluding hydrogens is 226 g/mol. The van der Waals surface area contributed by atoms with Crippen LogP contribution in [0.3, 0.4) is 0 Å². The number of hydrogen-bond donors (Lipinski definition) is 1. The summed E-state index contributed by atoms with van der Waals surface area (Å²) in [6.07, 6.45) is 3.82. The number of nitrogens with one attached hydrogen (secondary N) is 1. The molecule has 1 aromatic rings. The average molecular weight is 241 g/mol. The Morgan fingerprint density at radius 1 is 1.56 bits per heavy atom. The molecule has 1 aliphatic heterocycles. The summed E-state index contributed by atoms with van der Waals surface area (Å²) in [5.74, 6) is 0. The van der Waals surface area contributed by atoms with Gasteiger partial charge in [0.15, 0.2) is 0 Å². The Kier molecular flexibility index (Phi) is 3.22. The molecule has 1 atom stereocenters. The minimum Gasteiger partial charge on any atom is -0.316 e. The van der Waals surface area contributed by atoms with Gasteiger partial charge < -0.3 is 5.32 Å². The molecule has 16 heavy (non-hydrogen) atoms. The van der Waals surface area contributed by atoms with E-state index in [0.717, 1.165) is 6.42 Å². The molecule has 2 rings (SSSR count). The first-order chi connectivity index (χ1) is 7.64. The standard InChI is InChI=1S/C10H15N3O2S/c1-11-9-4-6-13(8-9)16(14,15)10-3-2-5-12-7-10/h2-3,5,7,9,11H,4,6,8H2,1H3. The molecule has 0 aliphatic carbocycles. The Hall–Kier alpha value is -0.980. The third-order valence-electron chi connectivity index (χ3n) is 2.83. The van der Waals surface area contributed by atoms with Gasteiger partial charge in [-0.15, -0.1) is 0 Å². The second-order valence-corrected chi connectivity index (χ2v) is 5.76. The van der Waals surface area contributed by atoms with Crippen molar-refractivity contribution >= 4 is 10.0 Å². The van der Waals surface area contributed by atoms with E-state index >= 15 is 0 Å². The first kappa shape index (κ1) is 11.5. The molecule has 1 unspecified atom stereocenters. The van der Waals surface area contributed by atoms with Gasteiger partial charge in [-0.1, -0.05) is 0 Å². The van der Waals surface area contributed by atoms with E-state index in [0.29, 0.717) is 13.1 Å². The van der Waals surface area contributed by atoms with Gasteiger partial charge >= 0.3 is 0 Å². The highest BCUT2D eigenvalue weighted by Crippen LogP contribution is 2.19. The van der Waals surface area contributed by atoms with Crippen molar-refractivity contribution in [2.75, 3.05) is 20.1 Å². The van der Waals surface area contributed by atoms with E-state index < -0.39 is 10.0 Å². The van der Waals surface area contributed by atoms with E-state index in [4.69, 9.17) is 0 Å². The van der Waals surface area contributed by atoms with Crippen LogP contribution in [0.4, 0.5) is 0 Å². The van der Waals surface area contributed by atoms with Gasteiger partial charge in [0, 0.05) is 31.5 Å². The van der Waals surface area contributed by atoms with Crippen LogP contribution in [0.2, 0.25) is 0 Å². The molecule has 0 bridgehead atoms. The van der Waals surface area contributed by atoms with Crippen LogP contribution in [-0.4, -0.2) is 43.9 Å². The molecule has 1 fully saturated rings. The zero-order chi connectivity index (χ0) is 11.6. The second-order valence-electron chi connectivity index (χ2n) is 3.83. The van der Waals surface area contributed by atoms with Gasteiger partial charge in [0.1, 0.15) is 4.90 Å². The van der Waals surface area contributed by atoms with Crippen molar-refractivity contribution in [3.63, 3.8) is 0 Å². The minimum absolute atomic E-state index is 0.256. The Morgan fingerprint density at radius 2 is 2.38 bits per heavy atom. The molecule has 5 nitrogen and oxygen atoms in total. The van der Waals surface area contributed by atoms with Crippen molar-refractivity contribution in [2.45, 2.75) is 17.4 Å². The number of hydrogen-bond acceptors (Lipinski definition) is 4. The van der Waals surface area contributed by atoms with Crippen molar-refractivity contribution in [1.82, 2.24) is 14.6 Å². The fourth-order valence-electron chi connectivity index (χ4n) is 1.83. The lowest BCUT2D eigenvalue weighted by atomic mass is 10.3. The number of pyridine rings is 1. The summed E-state index contributed by atoms with van der Waals surface area (Å²) in [6.45, 7) is 1.11. The van der Waals surface area contributed by atoms with Gasteiger partial charge in [-0.25, -0.2) is 8.42 Å². The summed E-state index contributed by atoms with van der Waals surface area (Å²) in [4.78, 5) is 4.11. The van der Waals surface area contributed by atoms with Crippen LogP contribution in [0.1, 0.15) is 6.42 Å². The molecule has 1 aliphatic rings. The van der Waals surface area contributed by atoms with Gasteiger partial charge in [-0.2, -0.15) is 4.31 Å². The molecule has 2 heterocycles. The van der Waals surface area contributed by atoms with Crippen LogP contribution in [0.5, 0.6) is 0 Å². The number of likely N-dealkylation sites (N-methyl/N-ethyl adjacent to an activating group) is 1. The normalized spacial score (nSPS) is 22.4. The number of aromatic nitrogens is 1. The zero-order valence-electron chi connectivity index (χ0n) is 9.13. The van der Waals surface area contributed by atoms with E-state index in [2.05, 4.69) is 10.3 Å². The zero-order valence-corrected chi connectivity index (χ0v) is 9.94. The largest absolute Gasteiger partial charge is 0.316 e. The molecular formula is C10H15N3O2S. The Balaban J connectivity index is 2.21. The highest BCUT2D eigenvalue weighted by molar-refractivity contribution is 7.89. The third kappa shape index (κ3) is 2.09. The van der Waals surface area contributed by atoms with Crippen LogP contribution in [0.25, 0.3) is 0 Å². The molecule has 1 saturated heterocycles. The Morgan fingerprint density at radius 3 is 2.94 bits per heavy atom. The fourth-order valence-corrected chi connectivity index (χ4v) is 3.30. The lowest BCUT2D eigenvalue weighted by Gasteiger charge is -2.15. The highest BCUT2D eigenvalue weighted by Gasteiger charge is 2.31. The third-order valence-corrected chi connectivity index (χ3v) is 4.68. The molecule has 0 radical (unpaired) electrons. The van der Waals surface area contributed by atoms with Crippen LogP contribution in [0, 0.1) is 0 Å². The number of sulfonamides is 1. The summed E-state index contributed by atoms with van der Waals surface area (Å²) >= 11 is 0. The molecule has 0 aromatic carbocycles. The Labute approximate surface area is 95.5 Å². The summed E-state index contributed by atoms with van der Waals surface area (Å²) in [6, 6.07) is 3.47. The SMILES string of the molecule is CNC1CCN(S(=O)(=O)c2cccnc2)C1. The number of rotatable bonds is 3. The summed E-state index contributed by atoms with van der Waals surface area (Å²) in [5.41, 5.74) is 0. The number of nitrogens with zero attached hydrogens (tertiary/aromatic N) is 2. The average Bonchev–Trinajstić information content (AvgIpc) is 2.79. The van der Waals surface area contributed by atoms with Gasteiger partial charge in [0.25, 0.3) is 0 Å². The van der Waals surface area contributed by atoms with Crippen molar-refractivity contribution in [3.8, 4) is 0 Å². The molecule has 1 aromatic heterocycles. The predicted octanol–water partition coefficient (Wildman–Crippen LogP) is 0.0640. The summed E-state index contributed by atoms with van der Waals surface area (Å²) in [7, 11) is -1.50. The maximum Gasteiger partial charge on any atom is 0.244 e. The van der Waals surface area contributed by atoms with E-state index in [1.807, 2.05) is 7.05 Å². The van der Waals surface area contributed by atoms with E-state index in [-0.39, 0.29) is 10.9 Å². The summed E-state index contributed by atoms with van der Waals surface area (Å²) < 4.78 is 25.8. The molecule has 6 heteroatoms. The van der Waals surface area contributed by atoms with E-state index in [1.165, 1.54) is 10.5 Å². The summed E-state index contributed by atoms with van der Waals surface area (Å²) in [5, 5.41) is 3.10. The van der Waals surface area contributed by atoms with Gasteiger partial charge in [-0.05, 0) is 25.6 Å². The molecule has 88 valence electrons. The highest BCUT2D eigenvalue weighted by atomic mass is 32.2. The smallest absolute Gasteiger partial charge is 0.244 e. The Bertz CT molecular complexity index is 446. The van der Waals surface area contributed by atoms with Crippen LogP contribution >= 0.6 is 0 Å². The quantitative estimate of drug-likeness (QED) is 0.813. The van der Waals surface area contributed by atoms with Crippen molar-refractivity contribution in [1.29, 1.82) is 0 Å². The molecule has 0 spiro atoms. The van der Waals surface area contributed by atoms with Gasteiger partial charge in [-0.3, -0.25) is 4.98 Å². The van der Waals surface area contributed by atoms with Crippen LogP contribution in [0.15, 0.2) is 29.4 Å². The monoisotopic (exact) mass is 241 g/mol. The molecule has 1 N–H and O–H groups in total. The maximum atomic E-state index is 12.2. The van der Waals surface area contributed by atoms with Gasteiger partial charge in [0.05, 0.1) is 0 Å². The van der Waals surface area contributed by atoms with Gasteiger partial charge in [0.2, 0.25) is 10.0 Å². The first-order valence-electron chi connectivity index (χ1n) is 5.22. The lowest BCUT2D eigenvalue weighted by molar-refractivity contribution is 0.464. The van der Waals surface area contributed by atoms with E-state index in [1.54, 1.807) is 18.3 Å².